The average Bonchev–Trinajstić information content (AvgIpc) is 2.79. The fraction of sp³-hybridized carbons (Fsp3) is 0.400. The number of aromatic nitrogens is 2. The first-order valence-electron chi connectivity index (χ1n) is 6.73. The summed E-state index contributed by atoms with van der Waals surface area (Å²) < 4.78 is 7.45. The second-order valence-electron chi connectivity index (χ2n) is 4.40. The lowest BCUT2D eigenvalue weighted by Gasteiger charge is -2.09. The standard InChI is InChI=1S/C15H21N3O/c1-4-18-14(10-12(3)17-18)11-16-13-6-8-15(9-7-13)19-5-2/h6-10,16H,4-5,11H2,1-3H3. The van der Waals surface area contributed by atoms with E-state index in [1.165, 1.54) is 5.69 Å². The van der Waals surface area contributed by atoms with E-state index >= 15 is 0 Å². The highest BCUT2D eigenvalue weighted by molar-refractivity contribution is 5.46. The lowest BCUT2D eigenvalue weighted by molar-refractivity contribution is 0.340. The summed E-state index contributed by atoms with van der Waals surface area (Å²) in [6.45, 7) is 8.48. The Morgan fingerprint density at radius 2 is 1.95 bits per heavy atom. The van der Waals surface area contributed by atoms with Gasteiger partial charge in [0.05, 0.1) is 24.5 Å². The second kappa shape index (κ2) is 6.27. The van der Waals surface area contributed by atoms with Crippen molar-refractivity contribution in [3.8, 4) is 5.75 Å². The smallest absolute Gasteiger partial charge is 0.119 e. The van der Waals surface area contributed by atoms with E-state index in [1.54, 1.807) is 0 Å². The first-order valence-corrected chi connectivity index (χ1v) is 6.73. The van der Waals surface area contributed by atoms with Crippen molar-refractivity contribution in [2.75, 3.05) is 11.9 Å². The summed E-state index contributed by atoms with van der Waals surface area (Å²) in [6, 6.07) is 10.1. The third-order valence-electron chi connectivity index (χ3n) is 2.92. The predicted molar refractivity (Wildman–Crippen MR) is 77.6 cm³/mol. The van der Waals surface area contributed by atoms with Gasteiger partial charge in [0.1, 0.15) is 5.75 Å². The molecule has 0 aliphatic carbocycles. The molecular weight excluding hydrogens is 238 g/mol. The van der Waals surface area contributed by atoms with Gasteiger partial charge in [-0.15, -0.1) is 0 Å². The van der Waals surface area contributed by atoms with Crippen LogP contribution in [0.5, 0.6) is 5.75 Å². The zero-order valence-corrected chi connectivity index (χ0v) is 11.8. The SMILES string of the molecule is CCOc1ccc(NCc2cc(C)nn2CC)cc1. The van der Waals surface area contributed by atoms with Crippen molar-refractivity contribution >= 4 is 5.69 Å². The maximum Gasteiger partial charge on any atom is 0.119 e. The van der Waals surface area contributed by atoms with E-state index in [2.05, 4.69) is 23.4 Å². The largest absolute Gasteiger partial charge is 0.494 e. The van der Waals surface area contributed by atoms with Crippen molar-refractivity contribution in [2.24, 2.45) is 0 Å². The third kappa shape index (κ3) is 3.50. The Hall–Kier alpha value is -1.97. The van der Waals surface area contributed by atoms with Crippen LogP contribution in [0.4, 0.5) is 5.69 Å². The highest BCUT2D eigenvalue weighted by atomic mass is 16.5. The van der Waals surface area contributed by atoms with E-state index in [0.717, 1.165) is 30.2 Å². The molecule has 0 spiro atoms. The average molecular weight is 259 g/mol. The van der Waals surface area contributed by atoms with Crippen LogP contribution in [0.1, 0.15) is 25.2 Å². The Morgan fingerprint density at radius 3 is 2.58 bits per heavy atom. The molecule has 0 saturated heterocycles. The first-order chi connectivity index (χ1) is 9.22. The van der Waals surface area contributed by atoms with Crippen LogP contribution in [0.25, 0.3) is 0 Å². The van der Waals surface area contributed by atoms with Crippen LogP contribution >= 0.6 is 0 Å². The number of hydrogen-bond donors (Lipinski definition) is 1. The molecule has 1 N–H and O–H groups in total. The molecule has 0 bridgehead atoms. The number of ether oxygens (including phenoxy) is 1. The molecule has 0 aliphatic heterocycles. The number of benzene rings is 1. The molecule has 1 aromatic carbocycles. The minimum Gasteiger partial charge on any atom is -0.494 e. The molecule has 0 unspecified atom stereocenters. The van der Waals surface area contributed by atoms with Gasteiger partial charge in [-0.05, 0) is 51.1 Å². The van der Waals surface area contributed by atoms with Crippen molar-refractivity contribution in [1.29, 1.82) is 0 Å². The topological polar surface area (TPSA) is 39.1 Å². The van der Waals surface area contributed by atoms with Gasteiger partial charge < -0.3 is 10.1 Å². The monoisotopic (exact) mass is 259 g/mol. The summed E-state index contributed by atoms with van der Waals surface area (Å²) in [5, 5.41) is 7.84. The van der Waals surface area contributed by atoms with E-state index in [4.69, 9.17) is 4.74 Å². The molecule has 1 heterocycles. The van der Waals surface area contributed by atoms with E-state index in [1.807, 2.05) is 42.8 Å². The van der Waals surface area contributed by atoms with Crippen LogP contribution in [-0.4, -0.2) is 16.4 Å². The molecular formula is C15H21N3O. The van der Waals surface area contributed by atoms with Crippen LogP contribution in [-0.2, 0) is 13.1 Å². The van der Waals surface area contributed by atoms with E-state index in [9.17, 15) is 0 Å². The minimum atomic E-state index is 0.696. The molecule has 4 heteroatoms. The first kappa shape index (κ1) is 13.5. The zero-order valence-electron chi connectivity index (χ0n) is 11.8. The van der Waals surface area contributed by atoms with Gasteiger partial charge in [0, 0.05) is 12.2 Å². The summed E-state index contributed by atoms with van der Waals surface area (Å²) >= 11 is 0. The molecule has 0 amide bonds. The maximum atomic E-state index is 5.42. The molecule has 0 atom stereocenters. The Kier molecular flexibility index (Phi) is 4.44. The zero-order chi connectivity index (χ0) is 13.7. The van der Waals surface area contributed by atoms with E-state index in [0.29, 0.717) is 6.61 Å². The van der Waals surface area contributed by atoms with Gasteiger partial charge in [0.15, 0.2) is 0 Å². The van der Waals surface area contributed by atoms with Crippen molar-refractivity contribution in [2.45, 2.75) is 33.9 Å². The van der Waals surface area contributed by atoms with E-state index < -0.39 is 0 Å². The molecule has 0 aliphatic rings. The highest BCUT2D eigenvalue weighted by Gasteiger charge is 2.03. The van der Waals surface area contributed by atoms with Gasteiger partial charge in [-0.3, -0.25) is 4.68 Å². The molecule has 102 valence electrons. The van der Waals surface area contributed by atoms with Gasteiger partial charge in [-0.25, -0.2) is 0 Å². The van der Waals surface area contributed by atoms with Gasteiger partial charge in [-0.1, -0.05) is 0 Å². The molecule has 2 aromatic rings. The minimum absolute atomic E-state index is 0.696. The Bertz CT molecular complexity index is 517. The number of nitrogens with zero attached hydrogens (tertiary/aromatic N) is 2. The number of nitrogens with one attached hydrogen (secondary N) is 1. The van der Waals surface area contributed by atoms with Gasteiger partial charge in [0.2, 0.25) is 0 Å². The van der Waals surface area contributed by atoms with Crippen molar-refractivity contribution in [1.82, 2.24) is 9.78 Å². The Labute approximate surface area is 114 Å². The van der Waals surface area contributed by atoms with Crippen LogP contribution in [0.3, 0.4) is 0 Å². The molecule has 4 nitrogen and oxygen atoms in total. The van der Waals surface area contributed by atoms with Gasteiger partial charge in [-0.2, -0.15) is 5.10 Å². The Balaban J connectivity index is 1.97. The maximum absolute atomic E-state index is 5.42. The molecule has 19 heavy (non-hydrogen) atoms. The lowest BCUT2D eigenvalue weighted by Crippen LogP contribution is -2.07. The number of rotatable bonds is 6. The van der Waals surface area contributed by atoms with Crippen LogP contribution in [0.15, 0.2) is 30.3 Å². The highest BCUT2D eigenvalue weighted by Crippen LogP contribution is 2.16. The second-order valence-corrected chi connectivity index (χ2v) is 4.40. The van der Waals surface area contributed by atoms with E-state index in [-0.39, 0.29) is 0 Å². The fourth-order valence-electron chi connectivity index (χ4n) is 2.04. The summed E-state index contributed by atoms with van der Waals surface area (Å²) in [4.78, 5) is 0. The summed E-state index contributed by atoms with van der Waals surface area (Å²) in [7, 11) is 0. The summed E-state index contributed by atoms with van der Waals surface area (Å²) in [6.07, 6.45) is 0. The third-order valence-corrected chi connectivity index (χ3v) is 2.92. The summed E-state index contributed by atoms with van der Waals surface area (Å²) in [5.41, 5.74) is 3.35. The van der Waals surface area contributed by atoms with Gasteiger partial charge >= 0.3 is 0 Å². The quantitative estimate of drug-likeness (QED) is 0.865. The molecule has 0 radical (unpaired) electrons. The van der Waals surface area contributed by atoms with Crippen LogP contribution in [0, 0.1) is 6.92 Å². The molecule has 0 saturated carbocycles. The van der Waals surface area contributed by atoms with Crippen LogP contribution in [0.2, 0.25) is 0 Å². The molecule has 2 rings (SSSR count). The molecule has 1 aromatic heterocycles. The van der Waals surface area contributed by atoms with Gasteiger partial charge in [0.25, 0.3) is 0 Å². The normalized spacial score (nSPS) is 10.5. The van der Waals surface area contributed by atoms with Crippen molar-refractivity contribution < 1.29 is 4.74 Å². The predicted octanol–water partition coefficient (Wildman–Crippen LogP) is 3.22. The molecule has 0 fully saturated rings. The van der Waals surface area contributed by atoms with Crippen LogP contribution < -0.4 is 10.1 Å². The lowest BCUT2D eigenvalue weighted by atomic mass is 10.3. The number of anilines is 1. The Morgan fingerprint density at radius 1 is 1.21 bits per heavy atom. The number of aryl methyl sites for hydroxylation is 2. The number of hydrogen-bond acceptors (Lipinski definition) is 3. The summed E-state index contributed by atoms with van der Waals surface area (Å²) in [5.74, 6) is 0.905. The fourth-order valence-corrected chi connectivity index (χ4v) is 2.04. The van der Waals surface area contributed by atoms with Crippen molar-refractivity contribution in [3.05, 3.63) is 41.7 Å². The van der Waals surface area contributed by atoms with Crippen molar-refractivity contribution in [3.63, 3.8) is 0 Å².